The summed E-state index contributed by atoms with van der Waals surface area (Å²) >= 11 is 1.71. The molecular weight excluding hydrogens is 246 g/mol. The van der Waals surface area contributed by atoms with E-state index in [2.05, 4.69) is 24.1 Å². The Balaban J connectivity index is 1.86. The summed E-state index contributed by atoms with van der Waals surface area (Å²) in [4.78, 5) is 19.6. The number of aryl methyl sites for hydroxylation is 2. The SMILES string of the molecule is Cc1nc(C(C)NCC(=O)N2CCCC2)c(C)s1. The molecule has 1 aromatic heterocycles. The molecule has 1 amide bonds. The molecule has 0 bridgehead atoms. The van der Waals surface area contributed by atoms with Gasteiger partial charge in [0, 0.05) is 24.0 Å². The van der Waals surface area contributed by atoms with Gasteiger partial charge in [-0.2, -0.15) is 0 Å². The minimum Gasteiger partial charge on any atom is -0.342 e. The minimum atomic E-state index is 0.140. The Bertz CT molecular complexity index is 424. The van der Waals surface area contributed by atoms with Gasteiger partial charge in [-0.3, -0.25) is 4.79 Å². The zero-order chi connectivity index (χ0) is 13.1. The normalized spacial score (nSPS) is 17.2. The molecule has 4 nitrogen and oxygen atoms in total. The summed E-state index contributed by atoms with van der Waals surface area (Å²) in [5.41, 5.74) is 1.08. The van der Waals surface area contributed by atoms with Crippen molar-refractivity contribution >= 4 is 17.2 Å². The first-order valence-electron chi connectivity index (χ1n) is 6.53. The zero-order valence-corrected chi connectivity index (χ0v) is 12.1. The van der Waals surface area contributed by atoms with Crippen molar-refractivity contribution in [3.63, 3.8) is 0 Å². The molecule has 0 aliphatic carbocycles. The maximum absolute atomic E-state index is 11.9. The van der Waals surface area contributed by atoms with E-state index < -0.39 is 0 Å². The molecule has 1 aliphatic heterocycles. The molecule has 100 valence electrons. The highest BCUT2D eigenvalue weighted by molar-refractivity contribution is 7.11. The first kappa shape index (κ1) is 13.5. The third-order valence-electron chi connectivity index (χ3n) is 3.37. The first-order chi connectivity index (χ1) is 8.58. The Hall–Kier alpha value is -0.940. The number of nitrogens with zero attached hydrogens (tertiary/aromatic N) is 2. The van der Waals surface area contributed by atoms with Crippen LogP contribution in [0.3, 0.4) is 0 Å². The zero-order valence-electron chi connectivity index (χ0n) is 11.3. The van der Waals surface area contributed by atoms with Gasteiger partial charge in [-0.15, -0.1) is 11.3 Å². The smallest absolute Gasteiger partial charge is 0.236 e. The van der Waals surface area contributed by atoms with Crippen LogP contribution in [0.15, 0.2) is 0 Å². The highest BCUT2D eigenvalue weighted by Crippen LogP contribution is 2.22. The van der Waals surface area contributed by atoms with Crippen LogP contribution in [0, 0.1) is 13.8 Å². The summed E-state index contributed by atoms with van der Waals surface area (Å²) in [6.45, 7) is 8.42. The first-order valence-corrected chi connectivity index (χ1v) is 7.34. The molecule has 0 spiro atoms. The number of thiazole rings is 1. The number of rotatable bonds is 4. The van der Waals surface area contributed by atoms with E-state index in [-0.39, 0.29) is 11.9 Å². The molecule has 1 unspecified atom stereocenters. The molecule has 0 radical (unpaired) electrons. The molecule has 1 aliphatic rings. The Morgan fingerprint density at radius 2 is 2.11 bits per heavy atom. The molecule has 1 N–H and O–H groups in total. The standard InChI is InChI=1S/C13H21N3OS/c1-9(13-10(2)18-11(3)15-13)14-8-12(17)16-6-4-5-7-16/h9,14H,4-8H2,1-3H3. The summed E-state index contributed by atoms with van der Waals surface area (Å²) in [6.07, 6.45) is 2.29. The number of hydrogen-bond donors (Lipinski definition) is 1. The van der Waals surface area contributed by atoms with Gasteiger partial charge < -0.3 is 10.2 Å². The van der Waals surface area contributed by atoms with E-state index in [1.54, 1.807) is 11.3 Å². The van der Waals surface area contributed by atoms with Gasteiger partial charge in [0.15, 0.2) is 0 Å². The van der Waals surface area contributed by atoms with Gasteiger partial charge in [-0.05, 0) is 33.6 Å². The summed E-state index contributed by atoms with van der Waals surface area (Å²) < 4.78 is 0. The Morgan fingerprint density at radius 3 is 2.67 bits per heavy atom. The van der Waals surface area contributed by atoms with E-state index in [0.717, 1.165) is 36.6 Å². The van der Waals surface area contributed by atoms with Crippen molar-refractivity contribution in [1.82, 2.24) is 15.2 Å². The molecule has 1 fully saturated rings. The van der Waals surface area contributed by atoms with E-state index >= 15 is 0 Å². The lowest BCUT2D eigenvalue weighted by Crippen LogP contribution is -2.37. The van der Waals surface area contributed by atoms with Gasteiger partial charge in [0.25, 0.3) is 0 Å². The lowest BCUT2D eigenvalue weighted by Gasteiger charge is -2.18. The van der Waals surface area contributed by atoms with Gasteiger partial charge in [-0.25, -0.2) is 4.98 Å². The van der Waals surface area contributed by atoms with Crippen molar-refractivity contribution in [3.8, 4) is 0 Å². The summed E-state index contributed by atoms with van der Waals surface area (Å²) in [6, 6.07) is 0.140. The average Bonchev–Trinajstić information content (AvgIpc) is 2.95. The monoisotopic (exact) mass is 267 g/mol. The number of carbonyl (C=O) groups excluding carboxylic acids is 1. The second kappa shape index (κ2) is 5.80. The molecule has 0 saturated carbocycles. The van der Waals surface area contributed by atoms with Crippen LogP contribution in [0.1, 0.15) is 41.4 Å². The highest BCUT2D eigenvalue weighted by Gasteiger charge is 2.19. The average molecular weight is 267 g/mol. The Kier molecular flexibility index (Phi) is 4.35. The van der Waals surface area contributed by atoms with Crippen LogP contribution < -0.4 is 5.32 Å². The van der Waals surface area contributed by atoms with Gasteiger partial charge >= 0.3 is 0 Å². The van der Waals surface area contributed by atoms with Gasteiger partial charge in [0.05, 0.1) is 17.2 Å². The van der Waals surface area contributed by atoms with Crippen molar-refractivity contribution in [2.75, 3.05) is 19.6 Å². The molecule has 18 heavy (non-hydrogen) atoms. The maximum Gasteiger partial charge on any atom is 0.236 e. The van der Waals surface area contributed by atoms with E-state index in [1.807, 2.05) is 11.8 Å². The fourth-order valence-corrected chi connectivity index (χ4v) is 3.28. The topological polar surface area (TPSA) is 45.2 Å². The molecule has 1 aromatic rings. The van der Waals surface area contributed by atoms with E-state index in [0.29, 0.717) is 6.54 Å². The summed E-state index contributed by atoms with van der Waals surface area (Å²) in [7, 11) is 0. The van der Waals surface area contributed by atoms with Crippen LogP contribution in [0.4, 0.5) is 0 Å². The number of carbonyl (C=O) groups is 1. The Morgan fingerprint density at radius 1 is 1.44 bits per heavy atom. The van der Waals surface area contributed by atoms with Gasteiger partial charge in [-0.1, -0.05) is 0 Å². The number of amides is 1. The van der Waals surface area contributed by atoms with Crippen LogP contribution in [0.2, 0.25) is 0 Å². The van der Waals surface area contributed by atoms with Crippen molar-refractivity contribution < 1.29 is 4.79 Å². The van der Waals surface area contributed by atoms with Crippen LogP contribution in [-0.2, 0) is 4.79 Å². The third kappa shape index (κ3) is 3.09. The fraction of sp³-hybridized carbons (Fsp3) is 0.692. The van der Waals surface area contributed by atoms with Crippen LogP contribution >= 0.6 is 11.3 Å². The predicted molar refractivity (Wildman–Crippen MR) is 73.8 cm³/mol. The lowest BCUT2D eigenvalue weighted by molar-refractivity contribution is -0.129. The van der Waals surface area contributed by atoms with Crippen LogP contribution in [-0.4, -0.2) is 35.4 Å². The summed E-state index contributed by atoms with van der Waals surface area (Å²) in [5.74, 6) is 0.212. The molecule has 1 atom stereocenters. The van der Waals surface area contributed by atoms with Crippen molar-refractivity contribution in [3.05, 3.63) is 15.6 Å². The minimum absolute atomic E-state index is 0.140. The summed E-state index contributed by atoms with van der Waals surface area (Å²) in [5, 5.41) is 4.37. The van der Waals surface area contributed by atoms with E-state index in [9.17, 15) is 4.79 Å². The number of aromatic nitrogens is 1. The Labute approximate surface area is 112 Å². The molecule has 1 saturated heterocycles. The van der Waals surface area contributed by atoms with Crippen molar-refractivity contribution in [2.24, 2.45) is 0 Å². The maximum atomic E-state index is 11.9. The van der Waals surface area contributed by atoms with Crippen LogP contribution in [0.5, 0.6) is 0 Å². The second-order valence-electron chi connectivity index (χ2n) is 4.86. The predicted octanol–water partition coefficient (Wildman–Crippen LogP) is 2.03. The second-order valence-corrected chi connectivity index (χ2v) is 6.27. The molecule has 5 heteroatoms. The molecular formula is C13H21N3OS. The molecule has 0 aromatic carbocycles. The third-order valence-corrected chi connectivity index (χ3v) is 4.27. The lowest BCUT2D eigenvalue weighted by atomic mass is 10.2. The highest BCUT2D eigenvalue weighted by atomic mass is 32.1. The number of likely N-dealkylation sites (tertiary alicyclic amines) is 1. The van der Waals surface area contributed by atoms with Gasteiger partial charge in [0.1, 0.15) is 0 Å². The fourth-order valence-electron chi connectivity index (χ4n) is 2.36. The number of nitrogens with one attached hydrogen (secondary N) is 1. The molecule has 2 rings (SSSR count). The van der Waals surface area contributed by atoms with E-state index in [1.165, 1.54) is 4.88 Å². The molecule has 2 heterocycles. The van der Waals surface area contributed by atoms with Crippen LogP contribution in [0.25, 0.3) is 0 Å². The van der Waals surface area contributed by atoms with E-state index in [4.69, 9.17) is 0 Å². The number of hydrogen-bond acceptors (Lipinski definition) is 4. The quantitative estimate of drug-likeness (QED) is 0.908. The van der Waals surface area contributed by atoms with Gasteiger partial charge in [0.2, 0.25) is 5.91 Å². The largest absolute Gasteiger partial charge is 0.342 e. The van der Waals surface area contributed by atoms with Crippen molar-refractivity contribution in [1.29, 1.82) is 0 Å². The van der Waals surface area contributed by atoms with Crippen molar-refractivity contribution in [2.45, 2.75) is 39.7 Å².